The van der Waals surface area contributed by atoms with E-state index in [-0.39, 0.29) is 5.91 Å². The van der Waals surface area contributed by atoms with Crippen LogP contribution < -0.4 is 5.32 Å². The molecule has 0 aliphatic carbocycles. The number of thioether (sulfide) groups is 1. The quantitative estimate of drug-likeness (QED) is 0.927. The van der Waals surface area contributed by atoms with Crippen LogP contribution in [0.15, 0.2) is 30.3 Å². The average Bonchev–Trinajstić information content (AvgIpc) is 2.86. The van der Waals surface area contributed by atoms with Crippen LogP contribution in [0.1, 0.15) is 22.9 Å². The van der Waals surface area contributed by atoms with Crippen LogP contribution in [0.2, 0.25) is 0 Å². The summed E-state index contributed by atoms with van der Waals surface area (Å²) in [6, 6.07) is 10.8. The van der Waals surface area contributed by atoms with Crippen LogP contribution in [0.3, 0.4) is 0 Å². The predicted molar refractivity (Wildman–Crippen MR) is 99.4 cm³/mol. The van der Waals surface area contributed by atoms with E-state index >= 15 is 0 Å². The Kier molecular flexibility index (Phi) is 5.26. The minimum absolute atomic E-state index is 0.0158. The van der Waals surface area contributed by atoms with Gasteiger partial charge in [0.05, 0.1) is 12.2 Å². The molecule has 0 saturated carbocycles. The largest absolute Gasteiger partial charge is 0.310 e. The second-order valence-electron chi connectivity index (χ2n) is 6.31. The van der Waals surface area contributed by atoms with Crippen molar-refractivity contribution >= 4 is 23.5 Å². The van der Waals surface area contributed by atoms with Crippen molar-refractivity contribution in [1.82, 2.24) is 14.7 Å². The molecule has 2 heterocycles. The summed E-state index contributed by atoms with van der Waals surface area (Å²) in [6.07, 6.45) is 0. The fourth-order valence-electron chi connectivity index (χ4n) is 3.02. The van der Waals surface area contributed by atoms with E-state index in [9.17, 15) is 4.79 Å². The molecule has 0 radical (unpaired) electrons. The van der Waals surface area contributed by atoms with E-state index in [2.05, 4.69) is 46.5 Å². The second-order valence-corrected chi connectivity index (χ2v) is 7.46. The van der Waals surface area contributed by atoms with Crippen molar-refractivity contribution in [3.8, 4) is 0 Å². The van der Waals surface area contributed by atoms with Gasteiger partial charge in [0.2, 0.25) is 5.91 Å². The van der Waals surface area contributed by atoms with Gasteiger partial charge >= 0.3 is 0 Å². The van der Waals surface area contributed by atoms with Gasteiger partial charge in [-0.1, -0.05) is 29.8 Å². The van der Waals surface area contributed by atoms with Gasteiger partial charge in [0.1, 0.15) is 5.82 Å². The summed E-state index contributed by atoms with van der Waals surface area (Å²) < 4.78 is 1.71. The third-order valence-electron chi connectivity index (χ3n) is 4.32. The van der Waals surface area contributed by atoms with Crippen molar-refractivity contribution in [2.45, 2.75) is 19.9 Å². The molecule has 5 nitrogen and oxygen atoms in total. The van der Waals surface area contributed by atoms with Crippen molar-refractivity contribution in [2.24, 2.45) is 7.05 Å². The first-order chi connectivity index (χ1) is 11.5. The number of nitrogens with zero attached hydrogens (tertiary/aromatic N) is 3. The van der Waals surface area contributed by atoms with Gasteiger partial charge in [0.25, 0.3) is 0 Å². The van der Waals surface area contributed by atoms with Crippen molar-refractivity contribution in [1.29, 1.82) is 0 Å². The van der Waals surface area contributed by atoms with Gasteiger partial charge in [-0.3, -0.25) is 14.4 Å². The minimum atomic E-state index is 0.0158. The van der Waals surface area contributed by atoms with Crippen molar-refractivity contribution in [2.75, 3.05) is 29.9 Å². The zero-order valence-electron chi connectivity index (χ0n) is 14.5. The molecule has 0 bridgehead atoms. The van der Waals surface area contributed by atoms with Gasteiger partial charge in [-0.05, 0) is 19.4 Å². The van der Waals surface area contributed by atoms with E-state index < -0.39 is 0 Å². The molecule has 1 aliphatic rings. The summed E-state index contributed by atoms with van der Waals surface area (Å²) in [5.41, 5.74) is 3.45. The molecule has 2 aromatic rings. The molecule has 1 aromatic carbocycles. The van der Waals surface area contributed by atoms with Crippen LogP contribution in [0.5, 0.6) is 0 Å². The fraction of sp³-hybridized carbons (Fsp3) is 0.444. The predicted octanol–water partition coefficient (Wildman–Crippen LogP) is 2.77. The molecule has 1 N–H and O–H groups in total. The number of anilines is 1. The molecule has 1 aromatic heterocycles. The normalized spacial score (nSPS) is 18.5. The molecular formula is C18H24N4OS. The summed E-state index contributed by atoms with van der Waals surface area (Å²) in [5, 5.41) is 7.24. The average molecular weight is 344 g/mol. The zero-order chi connectivity index (χ0) is 17.1. The fourth-order valence-corrected chi connectivity index (χ4v) is 4.17. The van der Waals surface area contributed by atoms with Gasteiger partial charge in [-0.15, -0.1) is 0 Å². The SMILES string of the molecule is Cc1ccc(C2CSCCN2CC(=O)Nc2cc(C)nn2C)cc1. The molecule has 1 unspecified atom stereocenters. The smallest absolute Gasteiger partial charge is 0.239 e. The maximum atomic E-state index is 12.5. The van der Waals surface area contributed by atoms with Gasteiger partial charge in [-0.2, -0.15) is 16.9 Å². The highest BCUT2D eigenvalue weighted by Gasteiger charge is 2.26. The Hall–Kier alpha value is -1.79. The number of amides is 1. The summed E-state index contributed by atoms with van der Waals surface area (Å²) >= 11 is 1.96. The highest BCUT2D eigenvalue weighted by molar-refractivity contribution is 7.99. The Morgan fingerprint density at radius 2 is 2.08 bits per heavy atom. The van der Waals surface area contributed by atoms with Crippen LogP contribution in [0, 0.1) is 13.8 Å². The molecule has 1 atom stereocenters. The Morgan fingerprint density at radius 1 is 1.33 bits per heavy atom. The number of carbonyl (C=O) groups is 1. The lowest BCUT2D eigenvalue weighted by Crippen LogP contribution is -2.41. The molecule has 1 aliphatic heterocycles. The highest BCUT2D eigenvalue weighted by atomic mass is 32.2. The number of rotatable bonds is 4. The zero-order valence-corrected chi connectivity index (χ0v) is 15.3. The van der Waals surface area contributed by atoms with Gasteiger partial charge in [0, 0.05) is 37.2 Å². The first-order valence-electron chi connectivity index (χ1n) is 8.22. The molecular weight excluding hydrogens is 320 g/mol. The summed E-state index contributed by atoms with van der Waals surface area (Å²) in [7, 11) is 1.84. The number of benzene rings is 1. The molecule has 128 valence electrons. The summed E-state index contributed by atoms with van der Waals surface area (Å²) in [4.78, 5) is 14.7. The Balaban J connectivity index is 1.68. The number of aromatic nitrogens is 2. The Morgan fingerprint density at radius 3 is 2.75 bits per heavy atom. The molecule has 3 rings (SSSR count). The summed E-state index contributed by atoms with van der Waals surface area (Å²) in [6.45, 7) is 5.36. The first-order valence-corrected chi connectivity index (χ1v) is 9.37. The van der Waals surface area contributed by atoms with E-state index in [4.69, 9.17) is 0 Å². The number of nitrogens with one attached hydrogen (secondary N) is 1. The molecule has 6 heteroatoms. The maximum Gasteiger partial charge on any atom is 0.239 e. The van der Waals surface area contributed by atoms with Crippen LogP contribution in [-0.4, -0.2) is 45.2 Å². The van der Waals surface area contributed by atoms with E-state index in [0.717, 1.165) is 29.6 Å². The van der Waals surface area contributed by atoms with E-state index in [0.29, 0.717) is 12.6 Å². The van der Waals surface area contributed by atoms with Crippen LogP contribution in [-0.2, 0) is 11.8 Å². The molecule has 1 amide bonds. The third-order valence-corrected chi connectivity index (χ3v) is 5.34. The van der Waals surface area contributed by atoms with Crippen LogP contribution in [0.4, 0.5) is 5.82 Å². The second kappa shape index (κ2) is 7.40. The first kappa shape index (κ1) is 17.0. The lowest BCUT2D eigenvalue weighted by atomic mass is 10.0. The Bertz CT molecular complexity index is 710. The number of aryl methyl sites for hydroxylation is 3. The lowest BCUT2D eigenvalue weighted by Gasteiger charge is -2.35. The molecule has 1 fully saturated rings. The van der Waals surface area contributed by atoms with Gasteiger partial charge in [-0.25, -0.2) is 0 Å². The van der Waals surface area contributed by atoms with Crippen LogP contribution in [0.25, 0.3) is 0 Å². The lowest BCUT2D eigenvalue weighted by molar-refractivity contribution is -0.117. The number of carbonyl (C=O) groups excluding carboxylic acids is 1. The van der Waals surface area contributed by atoms with Crippen molar-refractivity contribution in [3.05, 3.63) is 47.2 Å². The third kappa shape index (κ3) is 3.99. The molecule has 0 spiro atoms. The molecule has 24 heavy (non-hydrogen) atoms. The van der Waals surface area contributed by atoms with Crippen molar-refractivity contribution in [3.63, 3.8) is 0 Å². The minimum Gasteiger partial charge on any atom is -0.310 e. The molecule has 1 saturated heterocycles. The van der Waals surface area contributed by atoms with Gasteiger partial charge in [0.15, 0.2) is 0 Å². The monoisotopic (exact) mass is 344 g/mol. The topological polar surface area (TPSA) is 50.2 Å². The van der Waals surface area contributed by atoms with Crippen LogP contribution >= 0.6 is 11.8 Å². The summed E-state index contributed by atoms with van der Waals surface area (Å²) in [5.74, 6) is 2.86. The number of hydrogen-bond donors (Lipinski definition) is 1. The van der Waals surface area contributed by atoms with Gasteiger partial charge < -0.3 is 5.32 Å². The van der Waals surface area contributed by atoms with Crippen molar-refractivity contribution < 1.29 is 4.79 Å². The van der Waals surface area contributed by atoms with E-state index in [1.54, 1.807) is 4.68 Å². The standard InChI is InChI=1S/C18H24N4OS/c1-13-4-6-15(7-5-13)16-12-24-9-8-22(16)11-18(23)19-17-10-14(2)20-21(17)3/h4-7,10,16H,8-9,11-12H2,1-3H3,(H,19,23). The number of hydrogen-bond acceptors (Lipinski definition) is 4. The van der Waals surface area contributed by atoms with E-state index in [1.807, 2.05) is 31.8 Å². The van der Waals surface area contributed by atoms with E-state index in [1.165, 1.54) is 11.1 Å². The Labute approximate surface area is 147 Å². The highest BCUT2D eigenvalue weighted by Crippen LogP contribution is 2.29. The maximum absolute atomic E-state index is 12.5.